The molecule has 0 spiro atoms. The summed E-state index contributed by atoms with van der Waals surface area (Å²) in [6.07, 6.45) is 5.06. The number of pyridine rings is 1. The van der Waals surface area contributed by atoms with Crippen LogP contribution in [0.2, 0.25) is 0 Å². The highest BCUT2D eigenvalue weighted by molar-refractivity contribution is 7.90. The fourth-order valence-electron chi connectivity index (χ4n) is 2.94. The molecule has 138 valence electrons. The fraction of sp³-hybridized carbons (Fsp3) is 0.333. The Morgan fingerprint density at radius 3 is 2.69 bits per heavy atom. The Bertz CT molecular complexity index is 871. The van der Waals surface area contributed by atoms with Crippen molar-refractivity contribution in [2.75, 3.05) is 23.1 Å². The fourth-order valence-corrected chi connectivity index (χ4v) is 4.31. The van der Waals surface area contributed by atoms with E-state index in [1.807, 2.05) is 6.92 Å². The average Bonchev–Trinajstić information content (AvgIpc) is 2.62. The number of amides is 1. The van der Waals surface area contributed by atoms with Crippen molar-refractivity contribution in [3.8, 4) is 0 Å². The molecule has 1 amide bonds. The average molecular weight is 374 g/mol. The van der Waals surface area contributed by atoms with Crippen molar-refractivity contribution >= 4 is 27.5 Å². The van der Waals surface area contributed by atoms with Crippen LogP contribution in [0.1, 0.15) is 30.1 Å². The molecule has 0 radical (unpaired) electrons. The second kappa shape index (κ2) is 7.84. The summed E-state index contributed by atoms with van der Waals surface area (Å²) in [4.78, 5) is 16.3. The third-order valence-electron chi connectivity index (χ3n) is 4.27. The maximum Gasteiger partial charge on any atom is 0.301 e. The summed E-state index contributed by atoms with van der Waals surface area (Å²) < 4.78 is 29.2. The molecular formula is C18H22N4O3S. The van der Waals surface area contributed by atoms with Crippen LogP contribution < -0.4 is 10.0 Å². The molecule has 1 saturated heterocycles. The van der Waals surface area contributed by atoms with Gasteiger partial charge in [0.2, 0.25) is 0 Å². The van der Waals surface area contributed by atoms with Gasteiger partial charge in [-0.1, -0.05) is 13.0 Å². The summed E-state index contributed by atoms with van der Waals surface area (Å²) in [7, 11) is -3.63. The number of piperidine rings is 1. The Morgan fingerprint density at radius 1 is 1.19 bits per heavy atom. The number of nitrogens with zero attached hydrogens (tertiary/aromatic N) is 2. The third kappa shape index (κ3) is 4.59. The van der Waals surface area contributed by atoms with Crippen LogP contribution in [0.25, 0.3) is 0 Å². The van der Waals surface area contributed by atoms with Gasteiger partial charge >= 0.3 is 10.2 Å². The van der Waals surface area contributed by atoms with Crippen LogP contribution in [0.5, 0.6) is 0 Å². The summed E-state index contributed by atoms with van der Waals surface area (Å²) in [5.74, 6) is 0.0293. The molecule has 1 aliphatic heterocycles. The molecule has 1 aromatic heterocycles. The van der Waals surface area contributed by atoms with Gasteiger partial charge in [0, 0.05) is 36.7 Å². The van der Waals surface area contributed by atoms with E-state index in [0.717, 1.165) is 12.8 Å². The van der Waals surface area contributed by atoms with Crippen molar-refractivity contribution in [2.45, 2.75) is 19.8 Å². The van der Waals surface area contributed by atoms with Gasteiger partial charge in [-0.05, 0) is 49.1 Å². The molecule has 0 aliphatic carbocycles. The van der Waals surface area contributed by atoms with E-state index >= 15 is 0 Å². The van der Waals surface area contributed by atoms with Gasteiger partial charge in [0.15, 0.2) is 0 Å². The first-order valence-electron chi connectivity index (χ1n) is 8.53. The molecular weight excluding hydrogens is 352 g/mol. The molecule has 1 fully saturated rings. The number of anilines is 2. The lowest BCUT2D eigenvalue weighted by Gasteiger charge is -2.30. The SMILES string of the molecule is CC1CCCN(S(=O)(=O)Nc2cccc(C(=O)Nc3ccncc3)c2)C1. The van der Waals surface area contributed by atoms with Crippen molar-refractivity contribution in [3.63, 3.8) is 0 Å². The summed E-state index contributed by atoms with van der Waals surface area (Å²) in [5.41, 5.74) is 1.36. The number of carbonyl (C=O) groups is 1. The zero-order valence-electron chi connectivity index (χ0n) is 14.6. The second-order valence-electron chi connectivity index (χ2n) is 6.48. The molecule has 7 nitrogen and oxygen atoms in total. The first-order valence-corrected chi connectivity index (χ1v) is 9.97. The lowest BCUT2D eigenvalue weighted by atomic mass is 10.0. The highest BCUT2D eigenvalue weighted by atomic mass is 32.2. The van der Waals surface area contributed by atoms with Gasteiger partial charge in [-0.15, -0.1) is 0 Å². The van der Waals surface area contributed by atoms with Crippen LogP contribution in [0.15, 0.2) is 48.8 Å². The van der Waals surface area contributed by atoms with E-state index in [9.17, 15) is 13.2 Å². The molecule has 0 bridgehead atoms. The summed E-state index contributed by atoms with van der Waals surface area (Å²) in [6.45, 7) is 3.07. The smallest absolute Gasteiger partial charge is 0.301 e. The van der Waals surface area contributed by atoms with Crippen LogP contribution >= 0.6 is 0 Å². The van der Waals surface area contributed by atoms with Gasteiger partial charge in [0.05, 0.1) is 5.69 Å². The molecule has 8 heteroatoms. The minimum atomic E-state index is -3.63. The Labute approximate surface area is 153 Å². The Kier molecular flexibility index (Phi) is 5.53. The Hall–Kier alpha value is -2.45. The van der Waals surface area contributed by atoms with E-state index < -0.39 is 10.2 Å². The number of carbonyl (C=O) groups excluding carboxylic acids is 1. The second-order valence-corrected chi connectivity index (χ2v) is 8.15. The van der Waals surface area contributed by atoms with E-state index in [4.69, 9.17) is 0 Å². The molecule has 2 aromatic rings. The van der Waals surface area contributed by atoms with Crippen molar-refractivity contribution in [1.29, 1.82) is 0 Å². The molecule has 26 heavy (non-hydrogen) atoms. The number of hydrogen-bond donors (Lipinski definition) is 2. The van der Waals surface area contributed by atoms with Crippen molar-refractivity contribution in [1.82, 2.24) is 9.29 Å². The Balaban J connectivity index is 1.71. The Morgan fingerprint density at radius 2 is 1.96 bits per heavy atom. The monoisotopic (exact) mass is 374 g/mol. The van der Waals surface area contributed by atoms with E-state index in [2.05, 4.69) is 15.0 Å². The molecule has 1 unspecified atom stereocenters. The molecule has 3 rings (SSSR count). The standard InChI is InChI=1S/C18H22N4O3S/c1-14-4-3-11-22(13-14)26(24,25)21-17-6-2-5-15(12-17)18(23)20-16-7-9-19-10-8-16/h2,5-10,12,14,21H,3-4,11,13H2,1H3,(H,19,20,23). The molecule has 2 N–H and O–H groups in total. The molecule has 1 aliphatic rings. The molecule has 1 atom stereocenters. The lowest BCUT2D eigenvalue weighted by Crippen LogP contribution is -2.42. The summed E-state index contributed by atoms with van der Waals surface area (Å²) in [5, 5.41) is 2.75. The normalized spacial score (nSPS) is 18.3. The molecule has 2 heterocycles. The first kappa shape index (κ1) is 18.3. The van der Waals surface area contributed by atoms with E-state index in [-0.39, 0.29) is 5.91 Å². The van der Waals surface area contributed by atoms with Gasteiger partial charge in [-0.25, -0.2) is 0 Å². The van der Waals surface area contributed by atoms with Gasteiger partial charge < -0.3 is 5.32 Å². The van der Waals surface area contributed by atoms with Gasteiger partial charge in [-0.2, -0.15) is 12.7 Å². The minimum absolute atomic E-state index is 0.316. The number of aromatic nitrogens is 1. The number of benzene rings is 1. The number of nitrogens with one attached hydrogen (secondary N) is 2. The van der Waals surface area contributed by atoms with Crippen LogP contribution in [0, 0.1) is 5.92 Å². The third-order valence-corrected chi connectivity index (χ3v) is 5.77. The lowest BCUT2D eigenvalue weighted by molar-refractivity contribution is 0.102. The van der Waals surface area contributed by atoms with Crippen molar-refractivity contribution < 1.29 is 13.2 Å². The predicted molar refractivity (Wildman–Crippen MR) is 101 cm³/mol. The van der Waals surface area contributed by atoms with E-state index in [1.165, 1.54) is 10.4 Å². The van der Waals surface area contributed by atoms with Gasteiger partial charge in [-0.3, -0.25) is 14.5 Å². The van der Waals surface area contributed by atoms with Crippen molar-refractivity contribution in [2.24, 2.45) is 5.92 Å². The predicted octanol–water partition coefficient (Wildman–Crippen LogP) is 2.72. The number of hydrogen-bond acceptors (Lipinski definition) is 4. The highest BCUT2D eigenvalue weighted by Crippen LogP contribution is 2.21. The summed E-state index contributed by atoms with van der Waals surface area (Å²) in [6, 6.07) is 9.81. The maximum atomic E-state index is 12.6. The van der Waals surface area contributed by atoms with Crippen LogP contribution in [0.4, 0.5) is 11.4 Å². The first-order chi connectivity index (χ1) is 12.4. The van der Waals surface area contributed by atoms with Crippen LogP contribution in [-0.2, 0) is 10.2 Å². The maximum absolute atomic E-state index is 12.6. The van der Waals surface area contributed by atoms with Crippen LogP contribution in [0.3, 0.4) is 0 Å². The zero-order valence-corrected chi connectivity index (χ0v) is 15.4. The topological polar surface area (TPSA) is 91.4 Å². The van der Waals surface area contributed by atoms with Gasteiger partial charge in [0.25, 0.3) is 5.91 Å². The largest absolute Gasteiger partial charge is 0.322 e. The molecule has 0 saturated carbocycles. The summed E-state index contributed by atoms with van der Waals surface area (Å²) >= 11 is 0. The van der Waals surface area contributed by atoms with E-state index in [1.54, 1.807) is 42.7 Å². The van der Waals surface area contributed by atoms with E-state index in [0.29, 0.717) is 35.9 Å². The number of rotatable bonds is 5. The zero-order chi connectivity index (χ0) is 18.6. The van der Waals surface area contributed by atoms with Gasteiger partial charge in [0.1, 0.15) is 0 Å². The van der Waals surface area contributed by atoms with Crippen molar-refractivity contribution in [3.05, 3.63) is 54.4 Å². The van der Waals surface area contributed by atoms with Crippen LogP contribution in [-0.4, -0.2) is 36.7 Å². The highest BCUT2D eigenvalue weighted by Gasteiger charge is 2.27. The molecule has 1 aromatic carbocycles. The quantitative estimate of drug-likeness (QED) is 0.842. The minimum Gasteiger partial charge on any atom is -0.322 e.